The van der Waals surface area contributed by atoms with Crippen molar-refractivity contribution in [2.24, 2.45) is 0 Å². The molecule has 0 bridgehead atoms. The van der Waals surface area contributed by atoms with E-state index in [1.54, 1.807) is 10.9 Å². The number of benzene rings is 2. The van der Waals surface area contributed by atoms with E-state index in [1.807, 2.05) is 24.3 Å². The van der Waals surface area contributed by atoms with Crippen molar-refractivity contribution in [1.82, 2.24) is 9.78 Å². The highest BCUT2D eigenvalue weighted by atomic mass is 79.9. The van der Waals surface area contributed by atoms with Gasteiger partial charge in [-0.15, -0.1) is 0 Å². The first-order valence-electron chi connectivity index (χ1n) is 7.06. The van der Waals surface area contributed by atoms with Crippen LogP contribution in [0.5, 0.6) is 0 Å². The maximum absolute atomic E-state index is 12.9. The first-order valence-corrected chi connectivity index (χ1v) is 8.23. The van der Waals surface area contributed by atoms with Gasteiger partial charge in [0, 0.05) is 16.8 Å². The molecule has 0 unspecified atom stereocenters. The highest BCUT2D eigenvalue weighted by Gasteiger charge is 2.13. The SMILES string of the molecule is O=C(Nc1nn(Cc2ccccc2Cl)cc1Br)c1ccc(F)cc1. The second-order valence-corrected chi connectivity index (χ2v) is 6.34. The van der Waals surface area contributed by atoms with Crippen LogP contribution < -0.4 is 5.32 Å². The topological polar surface area (TPSA) is 46.9 Å². The molecule has 4 nitrogen and oxygen atoms in total. The minimum absolute atomic E-state index is 0.351. The van der Waals surface area contributed by atoms with Gasteiger partial charge in [-0.25, -0.2) is 4.39 Å². The van der Waals surface area contributed by atoms with Crippen LogP contribution in [0.3, 0.4) is 0 Å². The highest BCUT2D eigenvalue weighted by Crippen LogP contribution is 2.23. The van der Waals surface area contributed by atoms with Gasteiger partial charge in [0.15, 0.2) is 5.82 Å². The molecular weight excluding hydrogens is 397 g/mol. The number of hydrogen-bond donors (Lipinski definition) is 1. The Morgan fingerprint density at radius 3 is 2.62 bits per heavy atom. The number of carbonyl (C=O) groups excluding carboxylic acids is 1. The molecule has 0 fully saturated rings. The Hall–Kier alpha value is -2.18. The monoisotopic (exact) mass is 407 g/mol. The number of hydrogen-bond acceptors (Lipinski definition) is 2. The van der Waals surface area contributed by atoms with Crippen LogP contribution in [0.25, 0.3) is 0 Å². The predicted octanol–water partition coefficient (Wildman–Crippen LogP) is 4.74. The van der Waals surface area contributed by atoms with Crippen LogP contribution in [-0.4, -0.2) is 15.7 Å². The number of amides is 1. The van der Waals surface area contributed by atoms with Crippen molar-refractivity contribution in [2.45, 2.75) is 6.54 Å². The molecule has 1 amide bonds. The summed E-state index contributed by atoms with van der Waals surface area (Å²) in [6.45, 7) is 0.477. The quantitative estimate of drug-likeness (QED) is 0.678. The van der Waals surface area contributed by atoms with Crippen LogP contribution in [0.15, 0.2) is 59.2 Å². The number of halogens is 3. The smallest absolute Gasteiger partial charge is 0.256 e. The van der Waals surface area contributed by atoms with E-state index in [0.29, 0.717) is 27.4 Å². The van der Waals surface area contributed by atoms with E-state index in [2.05, 4.69) is 26.3 Å². The molecule has 7 heteroatoms. The fourth-order valence-corrected chi connectivity index (χ4v) is 2.76. The van der Waals surface area contributed by atoms with E-state index in [4.69, 9.17) is 11.6 Å². The third-order valence-electron chi connectivity index (χ3n) is 3.35. The van der Waals surface area contributed by atoms with E-state index < -0.39 is 5.82 Å². The van der Waals surface area contributed by atoms with Crippen LogP contribution in [0, 0.1) is 5.82 Å². The number of nitrogens with one attached hydrogen (secondary N) is 1. The second kappa shape index (κ2) is 7.15. The molecule has 2 aromatic carbocycles. The molecule has 0 atom stereocenters. The molecule has 1 aromatic heterocycles. The molecule has 0 saturated heterocycles. The Balaban J connectivity index is 1.75. The lowest BCUT2D eigenvalue weighted by Crippen LogP contribution is -2.13. The van der Waals surface area contributed by atoms with Crippen molar-refractivity contribution in [2.75, 3.05) is 5.32 Å². The summed E-state index contributed by atoms with van der Waals surface area (Å²) in [4.78, 5) is 12.2. The first kappa shape index (κ1) is 16.7. The van der Waals surface area contributed by atoms with Crippen molar-refractivity contribution >= 4 is 39.3 Å². The average Bonchev–Trinajstić information content (AvgIpc) is 2.90. The Morgan fingerprint density at radius 1 is 1.21 bits per heavy atom. The summed E-state index contributed by atoms with van der Waals surface area (Å²) in [5.41, 5.74) is 1.27. The lowest BCUT2D eigenvalue weighted by molar-refractivity contribution is 0.102. The third-order valence-corrected chi connectivity index (χ3v) is 4.29. The second-order valence-electron chi connectivity index (χ2n) is 5.08. The molecule has 24 heavy (non-hydrogen) atoms. The Labute approximate surface area is 151 Å². The lowest BCUT2D eigenvalue weighted by Gasteiger charge is -2.04. The van der Waals surface area contributed by atoms with Gasteiger partial charge in [-0.3, -0.25) is 9.48 Å². The summed E-state index contributed by atoms with van der Waals surface area (Å²) in [5, 5.41) is 7.68. The van der Waals surface area contributed by atoms with E-state index >= 15 is 0 Å². The van der Waals surface area contributed by atoms with Gasteiger partial charge < -0.3 is 5.32 Å². The van der Waals surface area contributed by atoms with Crippen molar-refractivity contribution in [3.63, 3.8) is 0 Å². The van der Waals surface area contributed by atoms with Crippen molar-refractivity contribution in [3.8, 4) is 0 Å². The standard InChI is InChI=1S/C17H12BrClFN3O/c18-14-10-23(9-12-3-1-2-4-15(12)19)22-16(14)21-17(24)11-5-7-13(20)8-6-11/h1-8,10H,9H2,(H,21,22,24). The summed E-state index contributed by atoms with van der Waals surface area (Å²) in [5.74, 6) is -0.369. The summed E-state index contributed by atoms with van der Waals surface area (Å²) >= 11 is 9.52. The molecule has 0 radical (unpaired) electrons. The fraction of sp³-hybridized carbons (Fsp3) is 0.0588. The molecule has 1 N–H and O–H groups in total. The number of aromatic nitrogens is 2. The summed E-state index contributed by atoms with van der Waals surface area (Å²) < 4.78 is 15.2. The van der Waals surface area contributed by atoms with E-state index in [9.17, 15) is 9.18 Å². The number of anilines is 1. The largest absolute Gasteiger partial charge is 0.304 e. The average molecular weight is 409 g/mol. The molecule has 0 saturated carbocycles. The number of carbonyl (C=O) groups is 1. The molecule has 3 aromatic rings. The van der Waals surface area contributed by atoms with Crippen LogP contribution >= 0.6 is 27.5 Å². The van der Waals surface area contributed by atoms with E-state index in [1.165, 1.54) is 24.3 Å². The third kappa shape index (κ3) is 3.83. The summed E-state index contributed by atoms with van der Waals surface area (Å²) in [6.07, 6.45) is 1.75. The lowest BCUT2D eigenvalue weighted by atomic mass is 10.2. The van der Waals surface area contributed by atoms with E-state index in [-0.39, 0.29) is 5.91 Å². The van der Waals surface area contributed by atoms with Gasteiger partial charge in [0.2, 0.25) is 0 Å². The summed E-state index contributed by atoms with van der Waals surface area (Å²) in [6, 6.07) is 12.8. The van der Waals surface area contributed by atoms with Crippen molar-refractivity contribution in [3.05, 3.63) is 81.2 Å². The van der Waals surface area contributed by atoms with Gasteiger partial charge in [0.1, 0.15) is 5.82 Å². The maximum atomic E-state index is 12.9. The molecule has 0 aliphatic carbocycles. The minimum Gasteiger partial charge on any atom is -0.304 e. The van der Waals surface area contributed by atoms with Crippen LogP contribution in [0.1, 0.15) is 15.9 Å². The van der Waals surface area contributed by atoms with Gasteiger partial charge >= 0.3 is 0 Å². The summed E-state index contributed by atoms with van der Waals surface area (Å²) in [7, 11) is 0. The Kier molecular flexibility index (Phi) is 4.97. The normalized spacial score (nSPS) is 10.6. The predicted molar refractivity (Wildman–Crippen MR) is 94.8 cm³/mol. The van der Waals surface area contributed by atoms with Crippen LogP contribution in [-0.2, 0) is 6.54 Å². The van der Waals surface area contributed by atoms with Crippen molar-refractivity contribution in [1.29, 1.82) is 0 Å². The first-order chi connectivity index (χ1) is 11.5. The molecule has 3 rings (SSSR count). The number of rotatable bonds is 4. The molecule has 0 aliphatic heterocycles. The fourth-order valence-electron chi connectivity index (χ4n) is 2.14. The zero-order chi connectivity index (χ0) is 17.1. The zero-order valence-corrected chi connectivity index (χ0v) is 14.7. The van der Waals surface area contributed by atoms with E-state index in [0.717, 1.165) is 5.56 Å². The van der Waals surface area contributed by atoms with Gasteiger partial charge in [-0.1, -0.05) is 29.8 Å². The minimum atomic E-state index is -0.392. The van der Waals surface area contributed by atoms with Gasteiger partial charge in [0.25, 0.3) is 5.91 Å². The maximum Gasteiger partial charge on any atom is 0.256 e. The molecule has 1 heterocycles. The van der Waals surface area contributed by atoms with Crippen molar-refractivity contribution < 1.29 is 9.18 Å². The van der Waals surface area contributed by atoms with Gasteiger partial charge in [-0.05, 0) is 51.8 Å². The van der Waals surface area contributed by atoms with Gasteiger partial charge in [-0.2, -0.15) is 5.10 Å². The highest BCUT2D eigenvalue weighted by molar-refractivity contribution is 9.10. The van der Waals surface area contributed by atoms with Crippen LogP contribution in [0.2, 0.25) is 5.02 Å². The molecule has 122 valence electrons. The Morgan fingerprint density at radius 2 is 1.92 bits per heavy atom. The Bertz CT molecular complexity index is 880. The molecule has 0 spiro atoms. The zero-order valence-electron chi connectivity index (χ0n) is 12.3. The number of nitrogens with zero attached hydrogens (tertiary/aromatic N) is 2. The van der Waals surface area contributed by atoms with Gasteiger partial charge in [0.05, 0.1) is 11.0 Å². The molecule has 0 aliphatic rings. The van der Waals surface area contributed by atoms with Crippen LogP contribution in [0.4, 0.5) is 10.2 Å². The molecular formula is C17H12BrClFN3O.